The Labute approximate surface area is 116 Å². The summed E-state index contributed by atoms with van der Waals surface area (Å²) in [6.45, 7) is 3.20. The van der Waals surface area contributed by atoms with E-state index in [0.717, 1.165) is 0 Å². The van der Waals surface area contributed by atoms with Gasteiger partial charge < -0.3 is 9.84 Å². The number of hydrogen-bond donors (Lipinski definition) is 1. The van der Waals surface area contributed by atoms with E-state index in [-0.39, 0.29) is 5.82 Å². The minimum absolute atomic E-state index is 0.373. The summed E-state index contributed by atoms with van der Waals surface area (Å²) in [4.78, 5) is 0. The van der Waals surface area contributed by atoms with E-state index >= 15 is 0 Å². The molecule has 0 aromatic heterocycles. The van der Waals surface area contributed by atoms with Crippen molar-refractivity contribution in [2.24, 2.45) is 0 Å². The number of hydrogen-bond acceptors (Lipinski definition) is 2. The first-order chi connectivity index (χ1) is 8.99. The van der Waals surface area contributed by atoms with Gasteiger partial charge in [-0.25, -0.2) is 4.39 Å². The second kappa shape index (κ2) is 5.59. The summed E-state index contributed by atoms with van der Waals surface area (Å²) < 4.78 is 19.2. The van der Waals surface area contributed by atoms with E-state index in [9.17, 15) is 9.50 Å². The molecular formula is C15H14ClFO2. The van der Waals surface area contributed by atoms with E-state index in [1.807, 2.05) is 0 Å². The summed E-state index contributed by atoms with van der Waals surface area (Å²) in [5.41, 5.74) is 0.842. The molecule has 1 atom stereocenters. The summed E-state index contributed by atoms with van der Waals surface area (Å²) in [6, 6.07) is 9.84. The third-order valence-corrected chi connectivity index (χ3v) is 3.11. The largest absolute Gasteiger partial charge is 0.455 e. The maximum atomic E-state index is 13.5. The Morgan fingerprint density at radius 2 is 1.89 bits per heavy atom. The topological polar surface area (TPSA) is 29.5 Å². The lowest BCUT2D eigenvalue weighted by atomic mass is 10.1. The number of para-hydroxylation sites is 1. The quantitative estimate of drug-likeness (QED) is 0.888. The lowest BCUT2D eigenvalue weighted by Crippen LogP contribution is -1.99. The van der Waals surface area contributed by atoms with E-state index in [2.05, 4.69) is 0 Å². The minimum Gasteiger partial charge on any atom is -0.455 e. The highest BCUT2D eigenvalue weighted by atomic mass is 35.5. The van der Waals surface area contributed by atoms with Crippen molar-refractivity contribution in [1.82, 2.24) is 0 Å². The molecule has 2 nitrogen and oxygen atoms in total. The van der Waals surface area contributed by atoms with Crippen LogP contribution in [-0.2, 0) is 0 Å². The fourth-order valence-corrected chi connectivity index (χ4v) is 1.91. The van der Waals surface area contributed by atoms with Crippen LogP contribution in [0.1, 0.15) is 24.2 Å². The Bertz CT molecular complexity index is 597. The van der Waals surface area contributed by atoms with E-state index in [1.54, 1.807) is 44.2 Å². The summed E-state index contributed by atoms with van der Waals surface area (Å²) in [7, 11) is 0. The molecule has 4 heteroatoms. The van der Waals surface area contributed by atoms with Gasteiger partial charge in [0.05, 0.1) is 11.1 Å². The first-order valence-electron chi connectivity index (χ1n) is 5.89. The molecule has 0 aliphatic carbocycles. The van der Waals surface area contributed by atoms with Gasteiger partial charge in [0, 0.05) is 5.56 Å². The van der Waals surface area contributed by atoms with Crippen LogP contribution in [0.2, 0.25) is 5.02 Å². The molecule has 0 aliphatic heterocycles. The smallest absolute Gasteiger partial charge is 0.146 e. The van der Waals surface area contributed by atoms with Crippen LogP contribution in [0.5, 0.6) is 11.5 Å². The Morgan fingerprint density at radius 3 is 2.53 bits per heavy atom. The van der Waals surface area contributed by atoms with Gasteiger partial charge in [0.2, 0.25) is 0 Å². The maximum absolute atomic E-state index is 13.5. The van der Waals surface area contributed by atoms with Gasteiger partial charge in [0.15, 0.2) is 0 Å². The predicted octanol–water partition coefficient (Wildman–Crippen LogP) is 4.63. The van der Waals surface area contributed by atoms with Crippen molar-refractivity contribution < 1.29 is 14.2 Å². The number of aliphatic hydroxyl groups is 1. The molecule has 0 bridgehead atoms. The average molecular weight is 281 g/mol. The molecule has 19 heavy (non-hydrogen) atoms. The monoisotopic (exact) mass is 280 g/mol. The zero-order valence-electron chi connectivity index (χ0n) is 10.7. The van der Waals surface area contributed by atoms with Crippen molar-refractivity contribution in [3.63, 3.8) is 0 Å². The zero-order valence-corrected chi connectivity index (χ0v) is 11.4. The van der Waals surface area contributed by atoms with E-state index in [4.69, 9.17) is 16.3 Å². The fraction of sp³-hybridized carbons (Fsp3) is 0.200. The molecule has 0 spiro atoms. The molecule has 2 aromatic carbocycles. The van der Waals surface area contributed by atoms with Gasteiger partial charge in [-0.2, -0.15) is 0 Å². The standard InChI is InChI=1S/C15H14ClFO2/c1-9-7-15(11(10(2)18)8-13(9)17)19-14-6-4-3-5-12(14)16/h3-8,10,18H,1-2H3. The summed E-state index contributed by atoms with van der Waals surface area (Å²) in [5, 5.41) is 10.1. The number of ether oxygens (including phenoxy) is 1. The lowest BCUT2D eigenvalue weighted by Gasteiger charge is -2.15. The van der Waals surface area contributed by atoms with Gasteiger partial charge in [-0.1, -0.05) is 23.7 Å². The molecule has 0 amide bonds. The van der Waals surface area contributed by atoms with Gasteiger partial charge >= 0.3 is 0 Å². The van der Waals surface area contributed by atoms with Crippen molar-refractivity contribution in [3.05, 3.63) is 58.4 Å². The molecule has 0 heterocycles. The normalized spacial score (nSPS) is 12.3. The fourth-order valence-electron chi connectivity index (χ4n) is 1.73. The van der Waals surface area contributed by atoms with Crippen LogP contribution in [0.15, 0.2) is 36.4 Å². The van der Waals surface area contributed by atoms with E-state index in [0.29, 0.717) is 27.6 Å². The van der Waals surface area contributed by atoms with Crippen molar-refractivity contribution in [3.8, 4) is 11.5 Å². The van der Waals surface area contributed by atoms with Crippen LogP contribution in [-0.4, -0.2) is 5.11 Å². The molecule has 2 aromatic rings. The van der Waals surface area contributed by atoms with Gasteiger partial charge in [0.1, 0.15) is 17.3 Å². The molecule has 100 valence electrons. The predicted molar refractivity (Wildman–Crippen MR) is 73.3 cm³/mol. The third-order valence-electron chi connectivity index (χ3n) is 2.80. The molecule has 1 N–H and O–H groups in total. The molecule has 0 radical (unpaired) electrons. The maximum Gasteiger partial charge on any atom is 0.146 e. The van der Waals surface area contributed by atoms with Gasteiger partial charge in [0.25, 0.3) is 0 Å². The first kappa shape index (κ1) is 13.8. The number of aliphatic hydroxyl groups excluding tert-OH is 1. The minimum atomic E-state index is -0.826. The third kappa shape index (κ3) is 3.06. The Kier molecular flexibility index (Phi) is 4.08. The van der Waals surface area contributed by atoms with Crippen LogP contribution < -0.4 is 4.74 Å². The molecule has 0 saturated heterocycles. The Hall–Kier alpha value is -1.58. The van der Waals surface area contributed by atoms with Crippen molar-refractivity contribution in [2.75, 3.05) is 0 Å². The first-order valence-corrected chi connectivity index (χ1v) is 6.27. The highest BCUT2D eigenvalue weighted by Crippen LogP contribution is 2.34. The van der Waals surface area contributed by atoms with Crippen LogP contribution in [0.4, 0.5) is 4.39 Å². The molecule has 0 saturated carbocycles. The summed E-state index contributed by atoms with van der Waals surface area (Å²) >= 11 is 6.02. The number of halogens is 2. The number of benzene rings is 2. The van der Waals surface area contributed by atoms with E-state index in [1.165, 1.54) is 6.07 Å². The second-order valence-electron chi connectivity index (χ2n) is 4.35. The molecular weight excluding hydrogens is 267 g/mol. The van der Waals surface area contributed by atoms with Gasteiger partial charge in [-0.05, 0) is 43.7 Å². The molecule has 2 rings (SSSR count). The summed E-state index contributed by atoms with van der Waals surface area (Å²) in [5.74, 6) is 0.501. The molecule has 0 aliphatic rings. The van der Waals surface area contributed by atoms with Crippen molar-refractivity contribution >= 4 is 11.6 Å². The van der Waals surface area contributed by atoms with Gasteiger partial charge in [-0.15, -0.1) is 0 Å². The van der Waals surface area contributed by atoms with Gasteiger partial charge in [-0.3, -0.25) is 0 Å². The lowest BCUT2D eigenvalue weighted by molar-refractivity contribution is 0.195. The van der Waals surface area contributed by atoms with E-state index < -0.39 is 6.10 Å². The Balaban J connectivity index is 2.45. The van der Waals surface area contributed by atoms with Crippen molar-refractivity contribution in [2.45, 2.75) is 20.0 Å². The zero-order chi connectivity index (χ0) is 14.0. The second-order valence-corrected chi connectivity index (χ2v) is 4.75. The molecule has 1 unspecified atom stereocenters. The van der Waals surface area contributed by atoms with Crippen LogP contribution in [0, 0.1) is 12.7 Å². The SMILES string of the molecule is Cc1cc(Oc2ccccc2Cl)c(C(C)O)cc1F. The van der Waals surface area contributed by atoms with Crippen molar-refractivity contribution in [1.29, 1.82) is 0 Å². The highest BCUT2D eigenvalue weighted by Gasteiger charge is 2.14. The molecule has 0 fully saturated rings. The van der Waals surface area contributed by atoms with Crippen LogP contribution >= 0.6 is 11.6 Å². The van der Waals surface area contributed by atoms with Crippen LogP contribution in [0.25, 0.3) is 0 Å². The highest BCUT2D eigenvalue weighted by molar-refractivity contribution is 6.32. The van der Waals surface area contributed by atoms with Crippen LogP contribution in [0.3, 0.4) is 0 Å². The Morgan fingerprint density at radius 1 is 1.21 bits per heavy atom. The summed E-state index contributed by atoms with van der Waals surface area (Å²) in [6.07, 6.45) is -0.826. The average Bonchev–Trinajstić information content (AvgIpc) is 2.36. The number of aryl methyl sites for hydroxylation is 1. The number of rotatable bonds is 3.